The standard InChI is InChI=1S/C6H12FNO/c7-3-6(4-8)1-5(9)2-6/h5,9H,1-4,8H2. The van der Waals surface area contributed by atoms with Gasteiger partial charge in [-0.1, -0.05) is 0 Å². The second-order valence-corrected chi connectivity index (χ2v) is 2.90. The molecule has 0 heterocycles. The first kappa shape index (κ1) is 6.96. The van der Waals surface area contributed by atoms with E-state index in [1.54, 1.807) is 0 Å². The molecular formula is C6H12FNO. The zero-order valence-corrected chi connectivity index (χ0v) is 5.31. The van der Waals surface area contributed by atoms with E-state index in [0.717, 1.165) is 0 Å². The van der Waals surface area contributed by atoms with Gasteiger partial charge in [0.25, 0.3) is 0 Å². The Morgan fingerprint density at radius 3 is 2.33 bits per heavy atom. The Bertz CT molecular complexity index is 95.2. The van der Waals surface area contributed by atoms with Gasteiger partial charge < -0.3 is 10.8 Å². The van der Waals surface area contributed by atoms with Crippen LogP contribution in [0, 0.1) is 5.41 Å². The summed E-state index contributed by atoms with van der Waals surface area (Å²) in [5, 5.41) is 8.82. The fraction of sp³-hybridized carbons (Fsp3) is 1.00. The normalized spacial score (nSPS) is 42.3. The molecule has 1 saturated carbocycles. The molecule has 54 valence electrons. The highest BCUT2D eigenvalue weighted by atomic mass is 19.1. The van der Waals surface area contributed by atoms with Gasteiger partial charge in [-0.2, -0.15) is 0 Å². The maximum absolute atomic E-state index is 12.1. The molecule has 1 aliphatic carbocycles. The van der Waals surface area contributed by atoms with Gasteiger partial charge in [-0.25, -0.2) is 0 Å². The molecule has 0 aromatic carbocycles. The van der Waals surface area contributed by atoms with E-state index in [1.165, 1.54) is 0 Å². The lowest BCUT2D eigenvalue weighted by Gasteiger charge is -2.42. The molecule has 0 aromatic rings. The summed E-state index contributed by atoms with van der Waals surface area (Å²) >= 11 is 0. The summed E-state index contributed by atoms with van der Waals surface area (Å²) in [5.74, 6) is 0. The van der Waals surface area contributed by atoms with Crippen LogP contribution in [0.5, 0.6) is 0 Å². The lowest BCUT2D eigenvalue weighted by Crippen LogP contribution is -2.47. The Hall–Kier alpha value is -0.150. The van der Waals surface area contributed by atoms with Crippen LogP contribution in [0.3, 0.4) is 0 Å². The van der Waals surface area contributed by atoms with Gasteiger partial charge in [0.15, 0.2) is 0 Å². The van der Waals surface area contributed by atoms with Crippen molar-refractivity contribution in [3.05, 3.63) is 0 Å². The molecule has 0 spiro atoms. The van der Waals surface area contributed by atoms with Crippen LogP contribution in [-0.4, -0.2) is 24.4 Å². The van der Waals surface area contributed by atoms with Crippen LogP contribution in [0.15, 0.2) is 0 Å². The average Bonchev–Trinajstić information content (AvgIpc) is 1.81. The van der Waals surface area contributed by atoms with E-state index in [-0.39, 0.29) is 18.2 Å². The van der Waals surface area contributed by atoms with Crippen molar-refractivity contribution >= 4 is 0 Å². The van der Waals surface area contributed by atoms with Gasteiger partial charge in [0, 0.05) is 12.0 Å². The van der Waals surface area contributed by atoms with Crippen molar-refractivity contribution in [2.45, 2.75) is 18.9 Å². The second kappa shape index (κ2) is 2.23. The molecule has 1 rings (SSSR count). The number of hydrogen-bond donors (Lipinski definition) is 2. The van der Waals surface area contributed by atoms with Crippen LogP contribution in [-0.2, 0) is 0 Å². The number of rotatable bonds is 2. The molecule has 1 fully saturated rings. The number of hydrogen-bond acceptors (Lipinski definition) is 2. The van der Waals surface area contributed by atoms with Gasteiger partial charge in [0.1, 0.15) is 0 Å². The van der Waals surface area contributed by atoms with Crippen molar-refractivity contribution in [3.8, 4) is 0 Å². The van der Waals surface area contributed by atoms with E-state index in [0.29, 0.717) is 19.4 Å². The molecular weight excluding hydrogens is 121 g/mol. The average molecular weight is 133 g/mol. The maximum Gasteiger partial charge on any atom is 0.0964 e. The summed E-state index contributed by atoms with van der Waals surface area (Å²) in [6.07, 6.45) is 0.782. The van der Waals surface area contributed by atoms with E-state index in [2.05, 4.69) is 0 Å². The molecule has 1 aliphatic rings. The largest absolute Gasteiger partial charge is 0.393 e. The summed E-state index contributed by atoms with van der Waals surface area (Å²) in [4.78, 5) is 0. The molecule has 0 atom stereocenters. The van der Waals surface area contributed by atoms with E-state index in [9.17, 15) is 4.39 Å². The van der Waals surface area contributed by atoms with Crippen molar-refractivity contribution in [1.82, 2.24) is 0 Å². The Balaban J connectivity index is 2.36. The Labute approximate surface area is 53.9 Å². The number of halogens is 1. The zero-order chi connectivity index (χ0) is 6.91. The fourth-order valence-electron chi connectivity index (χ4n) is 1.27. The molecule has 3 heteroatoms. The van der Waals surface area contributed by atoms with Crippen LogP contribution in [0.4, 0.5) is 4.39 Å². The molecule has 0 unspecified atom stereocenters. The summed E-state index contributed by atoms with van der Waals surface area (Å²) in [7, 11) is 0. The first-order valence-electron chi connectivity index (χ1n) is 3.16. The predicted octanol–water partition coefficient (Wildman–Crippen LogP) is 0.0557. The third kappa shape index (κ3) is 1.07. The van der Waals surface area contributed by atoms with E-state index in [1.807, 2.05) is 0 Å². The van der Waals surface area contributed by atoms with Crippen LogP contribution < -0.4 is 5.73 Å². The van der Waals surface area contributed by atoms with Crippen molar-refractivity contribution < 1.29 is 9.50 Å². The topological polar surface area (TPSA) is 46.2 Å². The summed E-state index contributed by atoms with van der Waals surface area (Å²) in [6, 6.07) is 0. The minimum absolute atomic E-state index is 0.302. The molecule has 0 aromatic heterocycles. The highest BCUT2D eigenvalue weighted by Crippen LogP contribution is 2.40. The zero-order valence-electron chi connectivity index (χ0n) is 5.31. The van der Waals surface area contributed by atoms with Crippen molar-refractivity contribution in [3.63, 3.8) is 0 Å². The number of aliphatic hydroxyl groups is 1. The molecule has 2 nitrogen and oxygen atoms in total. The van der Waals surface area contributed by atoms with Gasteiger partial charge >= 0.3 is 0 Å². The summed E-state index contributed by atoms with van der Waals surface area (Å²) in [5.41, 5.74) is 4.93. The highest BCUT2D eigenvalue weighted by Gasteiger charge is 2.42. The molecule has 3 N–H and O–H groups in total. The van der Waals surface area contributed by atoms with Gasteiger partial charge in [-0.3, -0.25) is 4.39 Å². The van der Waals surface area contributed by atoms with Crippen LogP contribution in [0.1, 0.15) is 12.8 Å². The van der Waals surface area contributed by atoms with Crippen molar-refractivity contribution in [2.24, 2.45) is 11.1 Å². The smallest absolute Gasteiger partial charge is 0.0964 e. The molecule has 0 radical (unpaired) electrons. The Morgan fingerprint density at radius 1 is 1.67 bits per heavy atom. The van der Waals surface area contributed by atoms with E-state index >= 15 is 0 Å². The van der Waals surface area contributed by atoms with Gasteiger partial charge in [0.05, 0.1) is 12.8 Å². The summed E-state index contributed by atoms with van der Waals surface area (Å²) < 4.78 is 12.1. The highest BCUT2D eigenvalue weighted by molar-refractivity contribution is 4.93. The first-order valence-corrected chi connectivity index (χ1v) is 3.16. The Morgan fingerprint density at radius 2 is 2.22 bits per heavy atom. The molecule has 0 aliphatic heterocycles. The van der Waals surface area contributed by atoms with Crippen molar-refractivity contribution in [1.29, 1.82) is 0 Å². The van der Waals surface area contributed by atoms with Crippen LogP contribution >= 0.6 is 0 Å². The summed E-state index contributed by atoms with van der Waals surface area (Å²) in [6.45, 7) is -0.0267. The third-order valence-electron chi connectivity index (χ3n) is 2.05. The lowest BCUT2D eigenvalue weighted by atomic mass is 9.68. The lowest BCUT2D eigenvalue weighted by molar-refractivity contribution is -0.0398. The van der Waals surface area contributed by atoms with Crippen LogP contribution in [0.2, 0.25) is 0 Å². The van der Waals surface area contributed by atoms with Gasteiger partial charge in [-0.15, -0.1) is 0 Å². The molecule has 0 amide bonds. The van der Waals surface area contributed by atoms with E-state index < -0.39 is 0 Å². The molecule has 0 bridgehead atoms. The first-order chi connectivity index (χ1) is 4.22. The quantitative estimate of drug-likeness (QED) is 0.559. The van der Waals surface area contributed by atoms with Crippen LogP contribution in [0.25, 0.3) is 0 Å². The second-order valence-electron chi connectivity index (χ2n) is 2.90. The number of nitrogens with two attached hydrogens (primary N) is 1. The minimum atomic E-state index is -0.388. The maximum atomic E-state index is 12.1. The Kier molecular flexibility index (Phi) is 1.73. The van der Waals surface area contributed by atoms with Gasteiger partial charge in [0.2, 0.25) is 0 Å². The van der Waals surface area contributed by atoms with Crippen molar-refractivity contribution in [2.75, 3.05) is 13.2 Å². The monoisotopic (exact) mass is 133 g/mol. The van der Waals surface area contributed by atoms with Gasteiger partial charge in [-0.05, 0) is 12.8 Å². The molecule has 0 saturated heterocycles. The third-order valence-corrected chi connectivity index (χ3v) is 2.05. The minimum Gasteiger partial charge on any atom is -0.393 e. The SMILES string of the molecule is NCC1(CF)CC(O)C1. The number of alkyl halides is 1. The fourth-order valence-corrected chi connectivity index (χ4v) is 1.27. The number of aliphatic hydroxyl groups excluding tert-OH is 1. The molecule has 9 heavy (non-hydrogen) atoms. The predicted molar refractivity (Wildman–Crippen MR) is 32.7 cm³/mol. The van der Waals surface area contributed by atoms with E-state index in [4.69, 9.17) is 10.8 Å².